The SMILES string of the molecule is CS(=O)(=O)c1ccc(-c2nn(-c3ccccc3)cc2CNc2cnccc2C(=O)O)cc1. The Hall–Kier alpha value is -3.98. The van der Waals surface area contributed by atoms with Gasteiger partial charge in [-0.25, -0.2) is 17.9 Å². The zero-order valence-electron chi connectivity index (χ0n) is 17.1. The third kappa shape index (κ3) is 4.52. The molecule has 0 atom stereocenters. The van der Waals surface area contributed by atoms with Crippen molar-refractivity contribution in [3.05, 3.63) is 90.4 Å². The molecule has 32 heavy (non-hydrogen) atoms. The maximum Gasteiger partial charge on any atom is 0.337 e. The van der Waals surface area contributed by atoms with Gasteiger partial charge in [-0.1, -0.05) is 30.3 Å². The van der Waals surface area contributed by atoms with Crippen LogP contribution in [0.15, 0.2) is 84.1 Å². The summed E-state index contributed by atoms with van der Waals surface area (Å²) in [5, 5.41) is 17.2. The number of pyridine rings is 1. The average Bonchev–Trinajstić information content (AvgIpc) is 3.22. The highest BCUT2D eigenvalue weighted by Crippen LogP contribution is 2.26. The lowest BCUT2D eigenvalue weighted by Crippen LogP contribution is -2.07. The summed E-state index contributed by atoms with van der Waals surface area (Å²) in [7, 11) is -3.31. The lowest BCUT2D eigenvalue weighted by Gasteiger charge is -2.09. The Morgan fingerprint density at radius 2 is 1.78 bits per heavy atom. The molecule has 0 unspecified atom stereocenters. The Balaban J connectivity index is 1.72. The molecule has 0 amide bonds. The standard InChI is InChI=1S/C23H20N4O4S/c1-32(30,31)19-9-7-16(8-10-19)22-17(15-27(26-22)18-5-3-2-4-6-18)13-25-21-14-24-12-11-20(21)23(28)29/h2-12,14-15,25H,13H2,1H3,(H,28,29). The number of carbonyl (C=O) groups is 1. The largest absolute Gasteiger partial charge is 0.478 e. The molecular weight excluding hydrogens is 428 g/mol. The number of sulfone groups is 1. The average molecular weight is 449 g/mol. The van der Waals surface area contributed by atoms with Crippen LogP contribution < -0.4 is 5.32 Å². The first-order chi connectivity index (χ1) is 15.3. The number of nitrogens with one attached hydrogen (secondary N) is 1. The Kier molecular flexibility index (Phi) is 5.74. The highest BCUT2D eigenvalue weighted by Gasteiger charge is 2.16. The van der Waals surface area contributed by atoms with Crippen molar-refractivity contribution in [1.29, 1.82) is 0 Å². The fourth-order valence-electron chi connectivity index (χ4n) is 3.27. The van der Waals surface area contributed by atoms with Crippen LogP contribution >= 0.6 is 0 Å². The van der Waals surface area contributed by atoms with Crippen LogP contribution in [0.25, 0.3) is 16.9 Å². The minimum Gasteiger partial charge on any atom is -0.478 e. The van der Waals surface area contributed by atoms with Gasteiger partial charge < -0.3 is 10.4 Å². The van der Waals surface area contributed by atoms with E-state index in [-0.39, 0.29) is 10.5 Å². The molecular formula is C23H20N4O4S. The van der Waals surface area contributed by atoms with Crippen molar-refractivity contribution in [3.8, 4) is 16.9 Å². The third-order valence-electron chi connectivity index (χ3n) is 4.89. The molecule has 4 rings (SSSR count). The van der Waals surface area contributed by atoms with E-state index >= 15 is 0 Å². The quantitative estimate of drug-likeness (QED) is 0.443. The number of aromatic carboxylic acids is 1. The van der Waals surface area contributed by atoms with E-state index in [2.05, 4.69) is 10.3 Å². The molecule has 0 spiro atoms. The molecule has 2 aromatic heterocycles. The number of benzene rings is 2. The fraction of sp³-hybridized carbons (Fsp3) is 0.0870. The molecule has 0 saturated carbocycles. The highest BCUT2D eigenvalue weighted by atomic mass is 32.2. The highest BCUT2D eigenvalue weighted by molar-refractivity contribution is 7.90. The maximum atomic E-state index is 11.8. The van der Waals surface area contributed by atoms with E-state index in [1.165, 1.54) is 18.5 Å². The van der Waals surface area contributed by atoms with Crippen LogP contribution in [0.3, 0.4) is 0 Å². The molecule has 2 heterocycles. The van der Waals surface area contributed by atoms with Crippen molar-refractivity contribution in [2.75, 3.05) is 11.6 Å². The molecule has 0 saturated heterocycles. The normalized spacial score (nSPS) is 11.3. The van der Waals surface area contributed by atoms with Gasteiger partial charge >= 0.3 is 5.97 Å². The molecule has 9 heteroatoms. The number of carboxylic acid groups (broad SMARTS) is 1. The van der Waals surface area contributed by atoms with Crippen molar-refractivity contribution < 1.29 is 18.3 Å². The van der Waals surface area contributed by atoms with E-state index in [1.54, 1.807) is 28.9 Å². The Morgan fingerprint density at radius 1 is 1.06 bits per heavy atom. The lowest BCUT2D eigenvalue weighted by molar-refractivity contribution is 0.0697. The lowest BCUT2D eigenvalue weighted by atomic mass is 10.1. The van der Waals surface area contributed by atoms with Gasteiger partial charge in [0.2, 0.25) is 0 Å². The van der Waals surface area contributed by atoms with Crippen molar-refractivity contribution in [1.82, 2.24) is 14.8 Å². The summed E-state index contributed by atoms with van der Waals surface area (Å²) in [4.78, 5) is 15.7. The predicted octanol–water partition coefficient (Wildman–Crippen LogP) is 3.65. The number of para-hydroxylation sites is 1. The second kappa shape index (κ2) is 8.64. The number of anilines is 1. The summed E-state index contributed by atoms with van der Waals surface area (Å²) < 4.78 is 25.3. The first-order valence-electron chi connectivity index (χ1n) is 9.68. The fourth-order valence-corrected chi connectivity index (χ4v) is 3.90. The predicted molar refractivity (Wildman–Crippen MR) is 121 cm³/mol. The Bertz CT molecular complexity index is 1360. The summed E-state index contributed by atoms with van der Waals surface area (Å²) in [6, 6.07) is 17.5. The van der Waals surface area contributed by atoms with Gasteiger partial charge in [0.05, 0.1) is 33.7 Å². The monoisotopic (exact) mass is 448 g/mol. The van der Waals surface area contributed by atoms with Crippen LogP contribution in [0, 0.1) is 0 Å². The van der Waals surface area contributed by atoms with Gasteiger partial charge in [0.1, 0.15) is 0 Å². The molecule has 0 aliphatic heterocycles. The molecule has 4 aromatic rings. The van der Waals surface area contributed by atoms with E-state index in [4.69, 9.17) is 5.10 Å². The molecule has 0 radical (unpaired) electrons. The van der Waals surface area contributed by atoms with Gasteiger partial charge in [-0.3, -0.25) is 4.98 Å². The van der Waals surface area contributed by atoms with Crippen LogP contribution in [0.1, 0.15) is 15.9 Å². The second-order valence-corrected chi connectivity index (χ2v) is 9.18. The number of aromatic nitrogens is 3. The number of hydrogen-bond acceptors (Lipinski definition) is 6. The summed E-state index contributed by atoms with van der Waals surface area (Å²) in [6.45, 7) is 0.294. The van der Waals surface area contributed by atoms with Gasteiger partial charge in [0.25, 0.3) is 0 Å². The number of carboxylic acids is 1. The van der Waals surface area contributed by atoms with Crippen LogP contribution in [0.5, 0.6) is 0 Å². The van der Waals surface area contributed by atoms with Gasteiger partial charge in [-0.2, -0.15) is 5.10 Å². The zero-order chi connectivity index (χ0) is 22.7. The minimum atomic E-state index is -3.31. The zero-order valence-corrected chi connectivity index (χ0v) is 18.0. The van der Waals surface area contributed by atoms with Crippen molar-refractivity contribution in [2.24, 2.45) is 0 Å². The summed E-state index contributed by atoms with van der Waals surface area (Å²) >= 11 is 0. The van der Waals surface area contributed by atoms with Crippen LogP contribution in [-0.2, 0) is 16.4 Å². The van der Waals surface area contributed by atoms with Crippen molar-refractivity contribution in [2.45, 2.75) is 11.4 Å². The van der Waals surface area contributed by atoms with Gasteiger partial charge in [0, 0.05) is 36.3 Å². The van der Waals surface area contributed by atoms with Crippen molar-refractivity contribution in [3.63, 3.8) is 0 Å². The van der Waals surface area contributed by atoms with E-state index in [0.717, 1.165) is 23.1 Å². The molecule has 162 valence electrons. The van der Waals surface area contributed by atoms with Gasteiger partial charge in [-0.15, -0.1) is 0 Å². The molecule has 0 aliphatic rings. The van der Waals surface area contributed by atoms with Crippen LogP contribution in [-0.4, -0.2) is 40.5 Å². The van der Waals surface area contributed by atoms with Crippen LogP contribution in [0.2, 0.25) is 0 Å². The van der Waals surface area contributed by atoms with E-state index in [9.17, 15) is 18.3 Å². The summed E-state index contributed by atoms with van der Waals surface area (Å²) in [6.07, 6.45) is 5.91. The maximum absolute atomic E-state index is 11.8. The summed E-state index contributed by atoms with van der Waals surface area (Å²) in [5.74, 6) is -1.05. The molecule has 0 aliphatic carbocycles. The first-order valence-corrected chi connectivity index (χ1v) is 11.6. The van der Waals surface area contributed by atoms with Crippen molar-refractivity contribution >= 4 is 21.5 Å². The molecule has 0 bridgehead atoms. The van der Waals surface area contributed by atoms with Gasteiger partial charge in [-0.05, 0) is 30.3 Å². The van der Waals surface area contributed by atoms with Crippen LogP contribution in [0.4, 0.5) is 5.69 Å². The Morgan fingerprint density at radius 3 is 2.44 bits per heavy atom. The minimum absolute atomic E-state index is 0.120. The number of nitrogens with zero attached hydrogens (tertiary/aromatic N) is 3. The van der Waals surface area contributed by atoms with E-state index in [0.29, 0.717) is 17.9 Å². The number of hydrogen-bond donors (Lipinski definition) is 2. The topological polar surface area (TPSA) is 114 Å². The smallest absolute Gasteiger partial charge is 0.337 e. The molecule has 0 fully saturated rings. The first kappa shape index (κ1) is 21.3. The van der Waals surface area contributed by atoms with Gasteiger partial charge in [0.15, 0.2) is 9.84 Å². The Labute approximate surface area is 185 Å². The molecule has 2 N–H and O–H groups in total. The number of rotatable bonds is 7. The molecule has 2 aromatic carbocycles. The second-order valence-electron chi connectivity index (χ2n) is 7.16. The summed E-state index contributed by atoms with van der Waals surface area (Å²) in [5.41, 5.74) is 3.58. The van der Waals surface area contributed by atoms with E-state index in [1.807, 2.05) is 36.5 Å². The third-order valence-corrected chi connectivity index (χ3v) is 6.02. The molecule has 8 nitrogen and oxygen atoms in total. The van der Waals surface area contributed by atoms with E-state index < -0.39 is 15.8 Å².